The smallest absolute Gasteiger partial charge is 0.291 e. The highest BCUT2D eigenvalue weighted by Gasteiger charge is 2.16. The summed E-state index contributed by atoms with van der Waals surface area (Å²) in [4.78, 5) is 0. The van der Waals surface area contributed by atoms with Gasteiger partial charge in [0, 0.05) is 5.56 Å². The molecule has 0 radical (unpaired) electrons. The zero-order valence-corrected chi connectivity index (χ0v) is 13.6. The lowest BCUT2D eigenvalue weighted by Gasteiger charge is -2.01. The molecule has 19 heavy (non-hydrogen) atoms. The average Bonchev–Trinajstić information content (AvgIpc) is 2.42. The van der Waals surface area contributed by atoms with Crippen molar-refractivity contribution in [3.8, 4) is 0 Å². The molecule has 4 heteroatoms. The fourth-order valence-corrected chi connectivity index (χ4v) is 2.43. The number of hydroxylamine groups is 1. The Hall–Kier alpha value is -1.01. The van der Waals surface area contributed by atoms with Crippen molar-refractivity contribution in [2.75, 3.05) is 6.26 Å². The molecule has 0 spiro atoms. The van der Waals surface area contributed by atoms with Crippen LogP contribution in [-0.4, -0.2) is 21.2 Å². The number of halogens is 1. The summed E-state index contributed by atoms with van der Waals surface area (Å²) in [5, 5.41) is 11.1. The van der Waals surface area contributed by atoms with Crippen LogP contribution in [0.15, 0.2) is 60.7 Å². The van der Waals surface area contributed by atoms with E-state index in [4.69, 9.17) is 0 Å². The normalized spacial score (nSPS) is 11.4. The number of hydrogen-bond acceptors (Lipinski definition) is 2. The summed E-state index contributed by atoms with van der Waals surface area (Å²) >= 11 is 1.54. The molecular formula is C15H16INOS. The van der Waals surface area contributed by atoms with Gasteiger partial charge in [-0.1, -0.05) is 60.3 Å². The van der Waals surface area contributed by atoms with Gasteiger partial charge in [-0.2, -0.15) is 0 Å². The lowest BCUT2D eigenvalue weighted by molar-refractivity contribution is -0.784. The van der Waals surface area contributed by atoms with Crippen LogP contribution in [-0.2, 0) is 6.54 Å². The molecule has 0 saturated carbocycles. The fraction of sp³-hybridized carbons (Fsp3) is 0.133. The highest BCUT2D eigenvalue weighted by atomic mass is 127. The first-order valence-corrected chi connectivity index (χ1v) is 7.00. The van der Waals surface area contributed by atoms with Gasteiger partial charge in [0.15, 0.2) is 0 Å². The minimum absolute atomic E-state index is 0. The number of nitrogens with zero attached hydrogens (tertiary/aromatic N) is 1. The van der Waals surface area contributed by atoms with Gasteiger partial charge in [-0.25, -0.2) is 0 Å². The monoisotopic (exact) mass is 385 g/mol. The Kier molecular flexibility index (Phi) is 6.94. The van der Waals surface area contributed by atoms with Crippen LogP contribution < -0.4 is 24.0 Å². The van der Waals surface area contributed by atoms with Gasteiger partial charge >= 0.3 is 0 Å². The Bertz CT molecular complexity index is 528. The largest absolute Gasteiger partial charge is 1.00 e. The van der Waals surface area contributed by atoms with Gasteiger partial charge in [-0.05, 0) is 23.1 Å². The molecule has 0 fully saturated rings. The van der Waals surface area contributed by atoms with E-state index < -0.39 is 0 Å². The Morgan fingerprint density at radius 3 is 2.05 bits per heavy atom. The van der Waals surface area contributed by atoms with Crippen LogP contribution in [0, 0.1) is 0 Å². The number of rotatable bonds is 3. The first-order valence-electron chi connectivity index (χ1n) is 5.78. The van der Waals surface area contributed by atoms with E-state index in [1.54, 1.807) is 11.8 Å². The lowest BCUT2D eigenvalue weighted by atomic mass is 10.2. The van der Waals surface area contributed by atoms with Crippen molar-refractivity contribution in [2.24, 2.45) is 0 Å². The summed E-state index contributed by atoms with van der Waals surface area (Å²) in [5.74, 6) is 0. The summed E-state index contributed by atoms with van der Waals surface area (Å²) in [5.41, 5.74) is 2.12. The van der Waals surface area contributed by atoms with E-state index in [1.807, 2.05) is 66.9 Å². The Morgan fingerprint density at radius 1 is 1.00 bits per heavy atom. The van der Waals surface area contributed by atoms with Crippen molar-refractivity contribution in [3.05, 3.63) is 71.8 Å². The van der Waals surface area contributed by atoms with Crippen molar-refractivity contribution in [1.82, 2.24) is 0 Å². The van der Waals surface area contributed by atoms with Crippen molar-refractivity contribution >= 4 is 16.8 Å². The number of benzene rings is 2. The minimum Gasteiger partial charge on any atom is -1.00 e. The van der Waals surface area contributed by atoms with E-state index in [2.05, 4.69) is 0 Å². The van der Waals surface area contributed by atoms with E-state index in [0.717, 1.165) is 16.2 Å². The fourth-order valence-electron chi connectivity index (χ4n) is 1.78. The van der Waals surface area contributed by atoms with Gasteiger partial charge < -0.3 is 24.0 Å². The van der Waals surface area contributed by atoms with Gasteiger partial charge in [0.2, 0.25) is 6.54 Å². The van der Waals surface area contributed by atoms with E-state index >= 15 is 0 Å². The molecular weight excluding hydrogens is 369 g/mol. The maximum atomic E-state index is 10.2. The second-order valence-corrected chi connectivity index (χ2v) is 4.71. The molecule has 0 heterocycles. The van der Waals surface area contributed by atoms with Gasteiger partial charge in [0.1, 0.15) is 0 Å². The SMILES string of the molecule is CS/C(c1ccccc1)=[N+](\O)Cc1ccccc1.[I-]. The second kappa shape index (κ2) is 8.22. The molecule has 0 unspecified atom stereocenters. The summed E-state index contributed by atoms with van der Waals surface area (Å²) in [6.07, 6.45) is 1.97. The first-order chi connectivity index (χ1) is 8.81. The van der Waals surface area contributed by atoms with Gasteiger partial charge in [-0.15, -0.1) is 0 Å². The molecule has 100 valence electrons. The predicted octanol–water partition coefficient (Wildman–Crippen LogP) is 0.402. The number of thioether (sulfide) groups is 1. The molecule has 0 bridgehead atoms. The van der Waals surface area contributed by atoms with Crippen LogP contribution in [0.4, 0.5) is 0 Å². The van der Waals surface area contributed by atoms with E-state index in [-0.39, 0.29) is 24.0 Å². The zero-order valence-electron chi connectivity index (χ0n) is 10.7. The molecule has 0 aliphatic heterocycles. The summed E-state index contributed by atoms with van der Waals surface area (Å²) < 4.78 is 1.30. The maximum absolute atomic E-state index is 10.2. The highest BCUT2D eigenvalue weighted by molar-refractivity contribution is 8.13. The molecule has 2 aromatic rings. The molecule has 0 aliphatic rings. The molecule has 1 N–H and O–H groups in total. The standard InChI is InChI=1S/C15H16NOS.HI/c1-18-15(14-10-6-3-7-11-14)16(17)12-13-8-4-2-5-9-13;/h2-11,17H,12H2,1H3;1H/q+1;/p-1/b16-15-;. The van der Waals surface area contributed by atoms with Gasteiger partial charge in [-0.3, -0.25) is 5.21 Å². The third-order valence-electron chi connectivity index (χ3n) is 2.62. The van der Waals surface area contributed by atoms with Gasteiger partial charge in [0.05, 0.1) is 5.56 Å². The summed E-state index contributed by atoms with van der Waals surface area (Å²) in [7, 11) is 0. The maximum Gasteiger partial charge on any atom is 0.291 e. The van der Waals surface area contributed by atoms with E-state index in [0.29, 0.717) is 6.54 Å². The lowest BCUT2D eigenvalue weighted by Crippen LogP contribution is -3.00. The van der Waals surface area contributed by atoms with Crippen LogP contribution in [0.2, 0.25) is 0 Å². The molecule has 2 aromatic carbocycles. The van der Waals surface area contributed by atoms with Crippen LogP contribution in [0.25, 0.3) is 0 Å². The van der Waals surface area contributed by atoms with E-state index in [9.17, 15) is 5.21 Å². The quantitative estimate of drug-likeness (QED) is 0.207. The van der Waals surface area contributed by atoms with Crippen LogP contribution >= 0.6 is 11.8 Å². The van der Waals surface area contributed by atoms with Crippen molar-refractivity contribution in [1.29, 1.82) is 0 Å². The van der Waals surface area contributed by atoms with Crippen LogP contribution in [0.5, 0.6) is 0 Å². The van der Waals surface area contributed by atoms with E-state index in [1.165, 1.54) is 4.74 Å². The summed E-state index contributed by atoms with van der Waals surface area (Å²) in [6.45, 7) is 0.492. The average molecular weight is 385 g/mol. The Labute approximate surface area is 135 Å². The molecule has 0 saturated heterocycles. The van der Waals surface area contributed by atoms with Crippen LogP contribution in [0.3, 0.4) is 0 Å². The second-order valence-electron chi connectivity index (χ2n) is 3.92. The van der Waals surface area contributed by atoms with Crippen LogP contribution in [0.1, 0.15) is 11.1 Å². The molecule has 0 aromatic heterocycles. The Morgan fingerprint density at radius 2 is 1.53 bits per heavy atom. The summed E-state index contributed by atoms with van der Waals surface area (Å²) in [6, 6.07) is 19.9. The van der Waals surface area contributed by atoms with Crippen molar-refractivity contribution in [2.45, 2.75) is 6.54 Å². The zero-order chi connectivity index (χ0) is 12.8. The third kappa shape index (κ3) is 4.54. The molecule has 2 nitrogen and oxygen atoms in total. The minimum atomic E-state index is 0. The first kappa shape index (κ1) is 16.0. The molecule has 0 aliphatic carbocycles. The third-order valence-corrected chi connectivity index (χ3v) is 3.46. The van der Waals surface area contributed by atoms with Crippen molar-refractivity contribution in [3.63, 3.8) is 0 Å². The Balaban J connectivity index is 0.00000180. The molecule has 0 amide bonds. The molecule has 2 rings (SSSR count). The van der Waals surface area contributed by atoms with Gasteiger partial charge in [0.25, 0.3) is 5.04 Å². The number of hydrogen-bond donors (Lipinski definition) is 1. The predicted molar refractivity (Wildman–Crippen MR) is 76.3 cm³/mol. The molecule has 0 atom stereocenters. The highest BCUT2D eigenvalue weighted by Crippen LogP contribution is 2.11. The van der Waals surface area contributed by atoms with Crippen molar-refractivity contribution < 1.29 is 33.9 Å². The topological polar surface area (TPSA) is 23.2 Å².